The summed E-state index contributed by atoms with van der Waals surface area (Å²) in [6.07, 6.45) is 6.81. The highest BCUT2D eigenvalue weighted by atomic mass is 16.4. The predicted octanol–water partition coefficient (Wildman–Crippen LogP) is 4.21. The molecule has 3 N–H and O–H groups in total. The summed E-state index contributed by atoms with van der Waals surface area (Å²) in [5, 5.41) is 31.0. The van der Waals surface area contributed by atoms with Crippen molar-refractivity contribution in [2.45, 2.75) is 91.3 Å². The summed E-state index contributed by atoms with van der Waals surface area (Å²) in [6, 6.07) is 0. The first-order valence-electron chi connectivity index (χ1n) is 12.3. The lowest BCUT2D eigenvalue weighted by Gasteiger charge is -2.62. The molecule has 4 aliphatic carbocycles. The average molecular weight is 433 g/mol. The van der Waals surface area contributed by atoms with Gasteiger partial charge in [-0.25, -0.2) is 0 Å². The maximum atomic E-state index is 13.9. The van der Waals surface area contributed by atoms with E-state index in [1.54, 1.807) is 0 Å². The molecule has 0 aromatic carbocycles. The first-order chi connectivity index (χ1) is 14.6. The number of hydrogen-bond acceptors (Lipinski definition) is 4. The Balaban J connectivity index is 1.69. The van der Waals surface area contributed by atoms with Gasteiger partial charge >= 0.3 is 5.97 Å². The molecule has 10 atom stereocenters. The van der Waals surface area contributed by atoms with Crippen molar-refractivity contribution in [3.8, 4) is 0 Å². The summed E-state index contributed by atoms with van der Waals surface area (Å²) in [5.41, 5.74) is 0.503. The van der Waals surface area contributed by atoms with Crippen LogP contribution in [0, 0.1) is 46.3 Å². The third-order valence-electron chi connectivity index (χ3n) is 10.4. The van der Waals surface area contributed by atoms with E-state index >= 15 is 0 Å². The van der Waals surface area contributed by atoms with Gasteiger partial charge in [0.25, 0.3) is 0 Å². The Morgan fingerprint density at radius 1 is 1.16 bits per heavy atom. The number of carboxylic acid groups (broad SMARTS) is 1. The average Bonchev–Trinajstić information content (AvgIpc) is 3.07. The van der Waals surface area contributed by atoms with Crippen LogP contribution < -0.4 is 0 Å². The van der Waals surface area contributed by atoms with E-state index in [1.807, 2.05) is 13.0 Å². The number of aliphatic carboxylic acids is 1. The number of hydrogen-bond donors (Lipinski definition) is 3. The quantitative estimate of drug-likeness (QED) is 0.579. The third kappa shape index (κ3) is 3.33. The van der Waals surface area contributed by atoms with Crippen LogP contribution in [0.1, 0.15) is 79.1 Å². The number of carbonyl (C=O) groups is 2. The molecule has 4 fully saturated rings. The van der Waals surface area contributed by atoms with Gasteiger partial charge in [0.05, 0.1) is 12.2 Å². The Kier molecular flexibility index (Phi) is 5.92. The second kappa shape index (κ2) is 7.98. The van der Waals surface area contributed by atoms with Gasteiger partial charge in [-0.05, 0) is 92.4 Å². The Bertz CT molecular complexity index is 774. The molecule has 4 rings (SSSR count). The molecule has 2 unspecified atom stereocenters. The number of rotatable bonds is 4. The van der Waals surface area contributed by atoms with Gasteiger partial charge in [-0.2, -0.15) is 0 Å². The summed E-state index contributed by atoms with van der Waals surface area (Å²) < 4.78 is 0. The Labute approximate surface area is 186 Å². The molecule has 0 heterocycles. The van der Waals surface area contributed by atoms with Crippen molar-refractivity contribution < 1.29 is 24.9 Å². The molecule has 0 bridgehead atoms. The highest BCUT2D eigenvalue weighted by molar-refractivity contribution is 5.99. The van der Waals surface area contributed by atoms with Crippen molar-refractivity contribution in [2.24, 2.45) is 46.3 Å². The summed E-state index contributed by atoms with van der Waals surface area (Å²) >= 11 is 0. The largest absolute Gasteiger partial charge is 0.481 e. The number of carboxylic acids is 1. The maximum Gasteiger partial charge on any atom is 0.303 e. The van der Waals surface area contributed by atoms with E-state index in [0.717, 1.165) is 31.3 Å². The fourth-order valence-electron chi connectivity index (χ4n) is 8.68. The van der Waals surface area contributed by atoms with Gasteiger partial charge in [-0.1, -0.05) is 26.8 Å². The SMILES string of the molecule is C/C=C1/C(=O)[C@H]2C3CC[C@H]([C@H](C)CCC(=O)O)[C@@]3(C)[C@@H](O)CC2[C@@]2(C)CC[C@@H](O)C[C@@H]12. The zero-order valence-corrected chi connectivity index (χ0v) is 19.5. The van der Waals surface area contributed by atoms with Crippen LogP contribution in [0.25, 0.3) is 0 Å². The molecular weight excluding hydrogens is 392 g/mol. The lowest BCUT2D eigenvalue weighted by atomic mass is 9.42. The summed E-state index contributed by atoms with van der Waals surface area (Å²) in [5.74, 6) is 0.262. The van der Waals surface area contributed by atoms with Crippen LogP contribution in [0.4, 0.5) is 0 Å². The summed E-state index contributed by atoms with van der Waals surface area (Å²) in [6.45, 7) is 8.56. The zero-order valence-electron chi connectivity index (χ0n) is 19.5. The highest BCUT2D eigenvalue weighted by Crippen LogP contribution is 2.68. The summed E-state index contributed by atoms with van der Waals surface area (Å²) in [4.78, 5) is 25.0. The topological polar surface area (TPSA) is 94.8 Å². The van der Waals surface area contributed by atoms with Gasteiger partial charge in [0, 0.05) is 17.8 Å². The monoisotopic (exact) mass is 432 g/mol. The van der Waals surface area contributed by atoms with Crippen molar-refractivity contribution in [1.29, 1.82) is 0 Å². The van der Waals surface area contributed by atoms with Crippen LogP contribution in [0.15, 0.2) is 11.6 Å². The number of fused-ring (bicyclic) bond motifs is 5. The van der Waals surface area contributed by atoms with E-state index in [9.17, 15) is 19.8 Å². The maximum absolute atomic E-state index is 13.9. The van der Waals surface area contributed by atoms with Gasteiger partial charge in [0.2, 0.25) is 0 Å². The molecule has 0 radical (unpaired) electrons. The van der Waals surface area contributed by atoms with E-state index in [0.29, 0.717) is 19.3 Å². The van der Waals surface area contributed by atoms with Crippen molar-refractivity contribution in [2.75, 3.05) is 0 Å². The number of aliphatic hydroxyl groups excluding tert-OH is 2. The molecule has 0 aromatic heterocycles. The first kappa shape index (κ1) is 23.0. The van der Waals surface area contributed by atoms with Gasteiger partial charge in [-0.15, -0.1) is 0 Å². The smallest absolute Gasteiger partial charge is 0.303 e. The molecule has 0 amide bonds. The molecule has 4 saturated carbocycles. The molecular formula is C26H40O5. The predicted molar refractivity (Wildman–Crippen MR) is 118 cm³/mol. The van der Waals surface area contributed by atoms with E-state index in [1.165, 1.54) is 0 Å². The minimum Gasteiger partial charge on any atom is -0.481 e. The highest BCUT2D eigenvalue weighted by Gasteiger charge is 2.66. The molecule has 174 valence electrons. The first-order valence-corrected chi connectivity index (χ1v) is 12.3. The van der Waals surface area contributed by atoms with Crippen LogP contribution in [0.5, 0.6) is 0 Å². The van der Waals surface area contributed by atoms with Gasteiger partial charge in [0.1, 0.15) is 0 Å². The Hall–Kier alpha value is -1.20. The van der Waals surface area contributed by atoms with E-state index in [4.69, 9.17) is 5.11 Å². The van der Waals surface area contributed by atoms with Crippen LogP contribution >= 0.6 is 0 Å². The molecule has 5 heteroatoms. The van der Waals surface area contributed by atoms with Gasteiger partial charge in [0.15, 0.2) is 5.78 Å². The van der Waals surface area contributed by atoms with E-state index in [2.05, 4.69) is 20.8 Å². The van der Waals surface area contributed by atoms with Crippen LogP contribution in [0.3, 0.4) is 0 Å². The van der Waals surface area contributed by atoms with Gasteiger partial charge < -0.3 is 15.3 Å². The normalized spacial score (nSPS) is 49.3. The second-order valence-electron chi connectivity index (χ2n) is 11.5. The van der Waals surface area contributed by atoms with E-state index in [-0.39, 0.29) is 64.6 Å². The second-order valence-corrected chi connectivity index (χ2v) is 11.5. The number of allylic oxidation sites excluding steroid dienone is 2. The van der Waals surface area contributed by atoms with Crippen LogP contribution in [-0.4, -0.2) is 39.3 Å². The molecule has 31 heavy (non-hydrogen) atoms. The Morgan fingerprint density at radius 3 is 2.52 bits per heavy atom. The van der Waals surface area contributed by atoms with Crippen molar-refractivity contribution in [3.63, 3.8) is 0 Å². The number of ketones is 1. The third-order valence-corrected chi connectivity index (χ3v) is 10.4. The molecule has 0 saturated heterocycles. The van der Waals surface area contributed by atoms with Crippen molar-refractivity contribution in [1.82, 2.24) is 0 Å². The van der Waals surface area contributed by atoms with Crippen molar-refractivity contribution >= 4 is 11.8 Å². The number of aliphatic hydroxyl groups is 2. The molecule has 0 aliphatic heterocycles. The van der Waals surface area contributed by atoms with Crippen LogP contribution in [-0.2, 0) is 9.59 Å². The minimum atomic E-state index is -0.769. The fourth-order valence-corrected chi connectivity index (χ4v) is 8.68. The van der Waals surface area contributed by atoms with E-state index < -0.39 is 12.1 Å². The zero-order chi connectivity index (χ0) is 22.7. The molecule has 0 aromatic rings. The fraction of sp³-hybridized carbons (Fsp3) is 0.846. The lowest BCUT2D eigenvalue weighted by Crippen LogP contribution is -2.62. The lowest BCUT2D eigenvalue weighted by molar-refractivity contribution is -0.172. The van der Waals surface area contributed by atoms with Crippen molar-refractivity contribution in [3.05, 3.63) is 11.6 Å². The van der Waals surface area contributed by atoms with Crippen LogP contribution in [0.2, 0.25) is 0 Å². The number of carbonyl (C=O) groups excluding carboxylic acids is 1. The minimum absolute atomic E-state index is 0.0605. The van der Waals surface area contributed by atoms with Gasteiger partial charge in [-0.3, -0.25) is 9.59 Å². The molecule has 0 spiro atoms. The Morgan fingerprint density at radius 2 is 1.87 bits per heavy atom. The standard InChI is InChI=1S/C26H40O5/c1-5-16-19-12-15(27)10-11-25(19,3)20-13-21(28)26(4)17(14(2)6-9-22(29)30)7-8-18(26)23(20)24(16)31/h5,14-15,17-21,23,27-28H,6-13H2,1-4H3,(H,29,30)/b16-5+/t14-,15-,17-,18?,19+,20?,21+,23+,25+,26-/m1/s1. The molecule has 4 aliphatic rings. The number of Topliss-reactive ketones (excluding diaryl/α,β-unsaturated/α-hetero) is 1. The molecule has 5 nitrogen and oxygen atoms in total. The summed E-state index contributed by atoms with van der Waals surface area (Å²) in [7, 11) is 0.